The van der Waals surface area contributed by atoms with Crippen molar-refractivity contribution in [2.24, 2.45) is 5.92 Å². The van der Waals surface area contributed by atoms with Crippen LogP contribution in [0, 0.1) is 29.2 Å². The molecule has 0 bridgehead atoms. The molecule has 0 saturated carbocycles. The molecule has 1 aromatic carbocycles. The summed E-state index contributed by atoms with van der Waals surface area (Å²) in [5.74, 6) is -10.4. The van der Waals surface area contributed by atoms with Gasteiger partial charge >= 0.3 is 10.1 Å². The van der Waals surface area contributed by atoms with Crippen molar-refractivity contribution in [3.05, 3.63) is 23.3 Å². The van der Waals surface area contributed by atoms with Gasteiger partial charge in [0.2, 0.25) is 11.6 Å². The molecule has 0 saturated heterocycles. The molecule has 108 valence electrons. The van der Waals surface area contributed by atoms with Gasteiger partial charge in [-0.2, -0.15) is 12.8 Å². The van der Waals surface area contributed by atoms with Crippen molar-refractivity contribution in [1.29, 1.82) is 0 Å². The Morgan fingerprint density at radius 3 is 1.95 bits per heavy atom. The van der Waals surface area contributed by atoms with Gasteiger partial charge in [0, 0.05) is 0 Å². The van der Waals surface area contributed by atoms with Crippen LogP contribution in [0.4, 0.5) is 17.6 Å². The molecule has 0 aliphatic heterocycles. The molecule has 1 N–H and O–H groups in total. The predicted octanol–water partition coefficient (Wildman–Crippen LogP) is 2.52. The molecule has 1 rings (SSSR count). The second-order valence-corrected chi connectivity index (χ2v) is 5.45. The minimum Gasteiger partial charge on any atom is -0.489 e. The molecular weight excluding hydrogens is 292 g/mol. The summed E-state index contributed by atoms with van der Waals surface area (Å²) in [6, 6.07) is 0. The highest BCUT2D eigenvalue weighted by Crippen LogP contribution is 2.34. The summed E-state index contributed by atoms with van der Waals surface area (Å²) in [6.45, 7) is 2.91. The van der Waals surface area contributed by atoms with Crippen molar-refractivity contribution in [1.82, 2.24) is 0 Å². The summed E-state index contributed by atoms with van der Waals surface area (Å²) in [7, 11) is -5.32. The summed E-state index contributed by atoms with van der Waals surface area (Å²) < 4.78 is 87.9. The Morgan fingerprint density at radius 2 is 1.53 bits per heavy atom. The standard InChI is InChI=1S/C10H10F4O4S/c1-4(2)3-18-9-7(13)5(11)6(12)8(14)10(9)19(15,16)17/h4H,3H2,1-2H3,(H,15,16,17). The molecule has 9 heteroatoms. The third kappa shape index (κ3) is 3.16. The maximum Gasteiger partial charge on any atom is 0.301 e. The maximum absolute atomic E-state index is 13.4. The van der Waals surface area contributed by atoms with E-state index in [9.17, 15) is 26.0 Å². The second-order valence-electron chi connectivity index (χ2n) is 4.09. The van der Waals surface area contributed by atoms with E-state index in [2.05, 4.69) is 4.74 Å². The Morgan fingerprint density at radius 1 is 1.05 bits per heavy atom. The lowest BCUT2D eigenvalue weighted by Gasteiger charge is -2.14. The average Bonchev–Trinajstić information content (AvgIpc) is 2.27. The van der Waals surface area contributed by atoms with E-state index in [4.69, 9.17) is 4.55 Å². The molecule has 0 aromatic heterocycles. The number of rotatable bonds is 4. The fraction of sp³-hybridized carbons (Fsp3) is 0.400. The number of ether oxygens (including phenoxy) is 1. The highest BCUT2D eigenvalue weighted by Gasteiger charge is 2.33. The minimum absolute atomic E-state index is 0.232. The van der Waals surface area contributed by atoms with Crippen LogP contribution in [0.25, 0.3) is 0 Å². The van der Waals surface area contributed by atoms with Crippen molar-refractivity contribution in [3.63, 3.8) is 0 Å². The van der Waals surface area contributed by atoms with Gasteiger partial charge in [0.1, 0.15) is 0 Å². The quantitative estimate of drug-likeness (QED) is 0.402. The molecule has 19 heavy (non-hydrogen) atoms. The third-order valence-electron chi connectivity index (χ3n) is 2.00. The van der Waals surface area contributed by atoms with E-state index in [1.165, 1.54) is 0 Å². The first-order valence-corrected chi connectivity index (χ1v) is 6.47. The molecule has 0 fully saturated rings. The van der Waals surface area contributed by atoms with Gasteiger partial charge in [-0.3, -0.25) is 4.55 Å². The summed E-state index contributed by atoms with van der Waals surface area (Å²) in [5, 5.41) is 0. The molecule has 0 radical (unpaired) electrons. The minimum atomic E-state index is -5.32. The van der Waals surface area contributed by atoms with E-state index in [0.717, 1.165) is 0 Å². The van der Waals surface area contributed by atoms with Crippen molar-refractivity contribution < 1.29 is 35.3 Å². The normalized spacial score (nSPS) is 12.0. The molecule has 0 unspecified atom stereocenters. The van der Waals surface area contributed by atoms with Gasteiger partial charge in [-0.15, -0.1) is 0 Å². The first-order valence-electron chi connectivity index (χ1n) is 5.03. The van der Waals surface area contributed by atoms with Crippen molar-refractivity contribution in [2.75, 3.05) is 6.61 Å². The largest absolute Gasteiger partial charge is 0.489 e. The van der Waals surface area contributed by atoms with Gasteiger partial charge in [-0.25, -0.2) is 13.2 Å². The van der Waals surface area contributed by atoms with Crippen LogP contribution in [0.5, 0.6) is 5.75 Å². The van der Waals surface area contributed by atoms with Crippen molar-refractivity contribution >= 4 is 10.1 Å². The number of benzene rings is 1. The number of hydrogen-bond acceptors (Lipinski definition) is 3. The molecule has 0 atom stereocenters. The zero-order chi connectivity index (χ0) is 15.0. The zero-order valence-electron chi connectivity index (χ0n) is 9.88. The van der Waals surface area contributed by atoms with Crippen LogP contribution in [-0.4, -0.2) is 19.6 Å². The van der Waals surface area contributed by atoms with Gasteiger partial charge in [-0.05, 0) is 5.92 Å². The highest BCUT2D eigenvalue weighted by atomic mass is 32.2. The highest BCUT2D eigenvalue weighted by molar-refractivity contribution is 7.86. The van der Waals surface area contributed by atoms with Crippen LogP contribution in [0.1, 0.15) is 13.8 Å². The van der Waals surface area contributed by atoms with Crippen LogP contribution >= 0.6 is 0 Å². The van der Waals surface area contributed by atoms with E-state index in [-0.39, 0.29) is 12.5 Å². The van der Waals surface area contributed by atoms with Crippen LogP contribution in [0.15, 0.2) is 4.90 Å². The van der Waals surface area contributed by atoms with E-state index in [0.29, 0.717) is 0 Å². The topological polar surface area (TPSA) is 63.6 Å². The first kappa shape index (κ1) is 15.7. The van der Waals surface area contributed by atoms with Crippen LogP contribution in [0.3, 0.4) is 0 Å². The molecular formula is C10H10F4O4S. The Balaban J connectivity index is 3.58. The zero-order valence-corrected chi connectivity index (χ0v) is 10.7. The predicted molar refractivity (Wildman–Crippen MR) is 56.4 cm³/mol. The molecule has 0 amide bonds. The van der Waals surface area contributed by atoms with Crippen LogP contribution in [-0.2, 0) is 10.1 Å². The molecule has 1 aromatic rings. The molecule has 0 aliphatic carbocycles. The van der Waals surface area contributed by atoms with Crippen molar-refractivity contribution in [3.8, 4) is 5.75 Å². The maximum atomic E-state index is 13.4. The fourth-order valence-electron chi connectivity index (χ4n) is 1.20. The average molecular weight is 302 g/mol. The molecule has 4 nitrogen and oxygen atoms in total. The summed E-state index contributed by atoms with van der Waals surface area (Å²) >= 11 is 0. The molecule has 0 aliphatic rings. The van der Waals surface area contributed by atoms with Gasteiger partial charge in [-0.1, -0.05) is 13.8 Å². The lowest BCUT2D eigenvalue weighted by molar-refractivity contribution is 0.239. The van der Waals surface area contributed by atoms with E-state index < -0.39 is 44.0 Å². The Hall–Kier alpha value is -1.35. The van der Waals surface area contributed by atoms with E-state index in [1.807, 2.05) is 0 Å². The summed E-state index contributed by atoms with van der Waals surface area (Å²) in [4.78, 5) is -1.76. The number of halogens is 4. The smallest absolute Gasteiger partial charge is 0.301 e. The summed E-state index contributed by atoms with van der Waals surface area (Å²) in [6.07, 6.45) is 0. The van der Waals surface area contributed by atoms with Crippen molar-refractivity contribution in [2.45, 2.75) is 18.7 Å². The number of hydrogen-bond donors (Lipinski definition) is 1. The fourth-order valence-corrected chi connectivity index (χ4v) is 1.90. The van der Waals surface area contributed by atoms with E-state index in [1.54, 1.807) is 13.8 Å². The molecule has 0 spiro atoms. The Kier molecular flexibility index (Phi) is 4.41. The Labute approximate surface area is 106 Å². The van der Waals surface area contributed by atoms with Gasteiger partial charge < -0.3 is 4.74 Å². The molecule has 0 heterocycles. The monoisotopic (exact) mass is 302 g/mol. The first-order chi connectivity index (χ1) is 8.57. The van der Waals surface area contributed by atoms with Crippen LogP contribution in [0.2, 0.25) is 0 Å². The van der Waals surface area contributed by atoms with Gasteiger partial charge in [0.25, 0.3) is 0 Å². The van der Waals surface area contributed by atoms with E-state index >= 15 is 0 Å². The summed E-state index contributed by atoms with van der Waals surface area (Å²) in [5.41, 5.74) is 0. The van der Waals surface area contributed by atoms with Crippen LogP contribution < -0.4 is 4.74 Å². The lowest BCUT2D eigenvalue weighted by atomic mass is 10.2. The third-order valence-corrected chi connectivity index (χ3v) is 2.88. The SMILES string of the molecule is CC(C)COc1c(F)c(F)c(F)c(F)c1S(=O)(=O)O. The lowest BCUT2D eigenvalue weighted by Crippen LogP contribution is -2.14. The second kappa shape index (κ2) is 5.33. The van der Waals surface area contributed by atoms with Gasteiger partial charge in [0.15, 0.2) is 22.3 Å². The Bertz CT molecular complexity index is 598. The van der Waals surface area contributed by atoms with Gasteiger partial charge in [0.05, 0.1) is 6.61 Å².